The Hall–Kier alpha value is -2.41. The van der Waals surface area contributed by atoms with Crippen LogP contribution in [0.2, 0.25) is 0 Å². The quantitative estimate of drug-likeness (QED) is 0.846. The summed E-state index contributed by atoms with van der Waals surface area (Å²) in [5.74, 6) is -0.209. The van der Waals surface area contributed by atoms with Gasteiger partial charge in [-0.1, -0.05) is 18.2 Å². The second-order valence-electron chi connectivity index (χ2n) is 5.27. The number of hydrazine groups is 1. The topological polar surface area (TPSA) is 74.2 Å². The third kappa shape index (κ3) is 2.94. The minimum Gasteiger partial charge on any atom is -0.375 e. The number of nitrogens with zero attached hydrogens (tertiary/aromatic N) is 3. The third-order valence-electron chi connectivity index (χ3n) is 3.58. The molecule has 22 heavy (non-hydrogen) atoms. The summed E-state index contributed by atoms with van der Waals surface area (Å²) in [5, 5.41) is 1.37. The normalized spacial score (nSPS) is 22.1. The molecular formula is C15H18N4O3. The van der Waals surface area contributed by atoms with Crippen LogP contribution >= 0.6 is 0 Å². The van der Waals surface area contributed by atoms with Crippen LogP contribution in [0.15, 0.2) is 35.3 Å². The molecule has 116 valence electrons. The molecule has 2 amide bonds. The van der Waals surface area contributed by atoms with Crippen LogP contribution in [-0.2, 0) is 14.3 Å². The largest absolute Gasteiger partial charge is 0.375 e. The number of carbonyl (C=O) groups excluding carboxylic acids is 2. The Bertz CT molecular complexity index is 602. The molecule has 1 aromatic carbocycles. The van der Waals surface area contributed by atoms with Gasteiger partial charge in [-0.05, 0) is 19.1 Å². The maximum atomic E-state index is 12.5. The lowest BCUT2D eigenvalue weighted by Gasteiger charge is -2.34. The molecule has 7 nitrogen and oxygen atoms in total. The number of benzene rings is 1. The van der Waals surface area contributed by atoms with E-state index in [0.29, 0.717) is 25.4 Å². The van der Waals surface area contributed by atoms with E-state index in [2.05, 4.69) is 10.4 Å². The van der Waals surface area contributed by atoms with Crippen molar-refractivity contribution in [3.8, 4) is 0 Å². The van der Waals surface area contributed by atoms with E-state index in [1.165, 1.54) is 5.01 Å². The molecule has 2 aliphatic rings. The van der Waals surface area contributed by atoms with Crippen molar-refractivity contribution >= 4 is 23.3 Å². The van der Waals surface area contributed by atoms with E-state index in [1.54, 1.807) is 17.0 Å². The molecule has 1 aromatic rings. The molecule has 0 spiro atoms. The summed E-state index contributed by atoms with van der Waals surface area (Å²) >= 11 is 0. The minimum atomic E-state index is -0.205. The number of anilines is 1. The predicted molar refractivity (Wildman–Crippen MR) is 81.4 cm³/mol. The predicted octanol–water partition coefficient (Wildman–Crippen LogP) is 0.184. The summed E-state index contributed by atoms with van der Waals surface area (Å²) in [6.45, 7) is 3.46. The number of amidine groups is 1. The van der Waals surface area contributed by atoms with Gasteiger partial charge in [0.25, 0.3) is 11.8 Å². The van der Waals surface area contributed by atoms with Gasteiger partial charge < -0.3 is 9.64 Å². The van der Waals surface area contributed by atoms with Gasteiger partial charge in [-0.2, -0.15) is 0 Å². The van der Waals surface area contributed by atoms with Gasteiger partial charge in [-0.25, -0.2) is 5.01 Å². The monoisotopic (exact) mass is 302 g/mol. The molecule has 0 saturated carbocycles. The van der Waals surface area contributed by atoms with Crippen LogP contribution in [0.4, 0.5) is 5.69 Å². The number of rotatable bonds is 2. The molecule has 0 aromatic heterocycles. The van der Waals surface area contributed by atoms with Gasteiger partial charge in [0.1, 0.15) is 6.54 Å². The lowest BCUT2D eigenvalue weighted by molar-refractivity contribution is -0.131. The van der Waals surface area contributed by atoms with Gasteiger partial charge in [-0.15, -0.1) is 0 Å². The molecule has 3 rings (SSSR count). The first-order valence-electron chi connectivity index (χ1n) is 7.25. The number of hydrogen-bond donors (Lipinski definition) is 1. The van der Waals surface area contributed by atoms with Gasteiger partial charge >= 0.3 is 0 Å². The first-order chi connectivity index (χ1) is 10.6. The van der Waals surface area contributed by atoms with Crippen molar-refractivity contribution in [2.75, 3.05) is 31.3 Å². The van der Waals surface area contributed by atoms with Crippen molar-refractivity contribution in [3.05, 3.63) is 30.3 Å². The van der Waals surface area contributed by atoms with Crippen molar-refractivity contribution in [2.45, 2.75) is 13.0 Å². The number of morpholine rings is 1. The van der Waals surface area contributed by atoms with Gasteiger partial charge in [0, 0.05) is 13.1 Å². The Morgan fingerprint density at radius 3 is 2.86 bits per heavy atom. The maximum absolute atomic E-state index is 12.5. The van der Waals surface area contributed by atoms with E-state index in [1.807, 2.05) is 25.1 Å². The number of carbonyl (C=O) groups is 2. The van der Waals surface area contributed by atoms with E-state index >= 15 is 0 Å². The van der Waals surface area contributed by atoms with E-state index in [0.717, 1.165) is 0 Å². The average molecular weight is 302 g/mol. The number of hydrogen-bond acceptors (Lipinski definition) is 5. The lowest BCUT2D eigenvalue weighted by atomic mass is 10.2. The molecule has 0 bridgehead atoms. The van der Waals surface area contributed by atoms with Crippen molar-refractivity contribution in [2.24, 2.45) is 4.99 Å². The Balaban J connectivity index is 1.75. The first kappa shape index (κ1) is 14.5. The van der Waals surface area contributed by atoms with Gasteiger partial charge in [0.15, 0.2) is 0 Å². The number of aliphatic imine (C=N–C) groups is 1. The highest BCUT2D eigenvalue weighted by molar-refractivity contribution is 6.39. The summed E-state index contributed by atoms with van der Waals surface area (Å²) in [5.41, 5.74) is 3.52. The zero-order valence-electron chi connectivity index (χ0n) is 12.4. The fourth-order valence-electron chi connectivity index (χ4n) is 2.47. The molecule has 1 unspecified atom stereocenters. The van der Waals surface area contributed by atoms with Crippen LogP contribution in [-0.4, -0.2) is 54.9 Å². The number of ether oxygens (including phenoxy) is 1. The fourth-order valence-corrected chi connectivity index (χ4v) is 2.47. The van der Waals surface area contributed by atoms with Gasteiger partial charge in [-0.3, -0.25) is 20.0 Å². The van der Waals surface area contributed by atoms with Crippen molar-refractivity contribution < 1.29 is 14.3 Å². The Morgan fingerprint density at radius 1 is 1.36 bits per heavy atom. The van der Waals surface area contributed by atoms with Crippen LogP contribution in [0.3, 0.4) is 0 Å². The van der Waals surface area contributed by atoms with E-state index < -0.39 is 0 Å². The molecular weight excluding hydrogens is 284 g/mol. The smallest absolute Gasteiger partial charge is 0.290 e. The highest BCUT2D eigenvalue weighted by Gasteiger charge is 2.30. The molecule has 1 atom stereocenters. The number of amides is 2. The molecule has 0 aliphatic carbocycles. The van der Waals surface area contributed by atoms with Crippen molar-refractivity contribution in [1.82, 2.24) is 10.3 Å². The van der Waals surface area contributed by atoms with E-state index in [9.17, 15) is 9.59 Å². The average Bonchev–Trinajstić information content (AvgIpc) is 2.55. The summed E-state index contributed by atoms with van der Waals surface area (Å²) < 4.78 is 5.43. The molecule has 2 aliphatic heterocycles. The fraction of sp³-hybridized carbons (Fsp3) is 0.400. The highest BCUT2D eigenvalue weighted by Crippen LogP contribution is 2.14. The Labute approximate surface area is 128 Å². The van der Waals surface area contributed by atoms with Gasteiger partial charge in [0.05, 0.1) is 18.4 Å². The number of para-hydroxylation sites is 1. The minimum absolute atomic E-state index is 0.00810. The van der Waals surface area contributed by atoms with Gasteiger partial charge in [0.2, 0.25) is 5.84 Å². The van der Waals surface area contributed by atoms with Crippen LogP contribution in [0.1, 0.15) is 6.92 Å². The SMILES string of the molecule is CC1CN(C(=O)C2=NCC(=O)N(c3ccccc3)N2)CCO1. The molecule has 0 radical (unpaired) electrons. The van der Waals surface area contributed by atoms with E-state index in [-0.39, 0.29) is 30.3 Å². The number of nitrogens with one attached hydrogen (secondary N) is 1. The van der Waals surface area contributed by atoms with Crippen molar-refractivity contribution in [3.63, 3.8) is 0 Å². The molecule has 1 N–H and O–H groups in total. The van der Waals surface area contributed by atoms with Crippen LogP contribution in [0.5, 0.6) is 0 Å². The molecule has 1 saturated heterocycles. The van der Waals surface area contributed by atoms with Crippen LogP contribution < -0.4 is 10.4 Å². The summed E-state index contributed by atoms with van der Waals surface area (Å²) in [6.07, 6.45) is 0.00810. The highest BCUT2D eigenvalue weighted by atomic mass is 16.5. The second kappa shape index (κ2) is 6.15. The third-order valence-corrected chi connectivity index (χ3v) is 3.58. The Kier molecular flexibility index (Phi) is 4.06. The van der Waals surface area contributed by atoms with Crippen LogP contribution in [0.25, 0.3) is 0 Å². The molecule has 7 heteroatoms. The maximum Gasteiger partial charge on any atom is 0.290 e. The molecule has 2 heterocycles. The second-order valence-corrected chi connectivity index (χ2v) is 5.27. The summed E-state index contributed by atoms with van der Waals surface area (Å²) in [4.78, 5) is 30.3. The molecule has 1 fully saturated rings. The first-order valence-corrected chi connectivity index (χ1v) is 7.25. The zero-order chi connectivity index (χ0) is 15.5. The zero-order valence-corrected chi connectivity index (χ0v) is 12.4. The summed E-state index contributed by atoms with van der Waals surface area (Å²) in [6, 6.07) is 9.14. The summed E-state index contributed by atoms with van der Waals surface area (Å²) in [7, 11) is 0. The van der Waals surface area contributed by atoms with Crippen molar-refractivity contribution in [1.29, 1.82) is 0 Å². The Morgan fingerprint density at radius 2 is 2.14 bits per heavy atom. The standard InChI is InChI=1S/C15H18N4O3/c1-11-10-18(7-8-22-11)15(21)14-16-9-13(20)19(17-14)12-5-3-2-4-6-12/h2-6,11H,7-10H2,1H3,(H,16,17). The van der Waals surface area contributed by atoms with Crippen LogP contribution in [0, 0.1) is 0 Å². The van der Waals surface area contributed by atoms with E-state index in [4.69, 9.17) is 4.74 Å². The lowest BCUT2D eigenvalue weighted by Crippen LogP contribution is -2.58.